The molecule has 25 heavy (non-hydrogen) atoms. The standard InChI is InChI=1S/C18H11N5O2/c19-9-14-16(20)23(11-7-5-10(6-8-11)18(24)25)17-15(21-14)12-3-1-2-4-13(12)22-17/h1-8,20,22H,(H,24,25). The van der Waals surface area contributed by atoms with Crippen molar-refractivity contribution in [2.24, 2.45) is 0 Å². The van der Waals surface area contributed by atoms with Crippen LogP contribution in [-0.4, -0.2) is 25.6 Å². The van der Waals surface area contributed by atoms with Gasteiger partial charge in [0.2, 0.25) is 0 Å². The van der Waals surface area contributed by atoms with E-state index in [0.717, 1.165) is 10.9 Å². The molecule has 3 N–H and O–H groups in total. The molecule has 120 valence electrons. The van der Waals surface area contributed by atoms with Crippen molar-refractivity contribution in [3.8, 4) is 11.8 Å². The first-order chi connectivity index (χ1) is 12.1. The van der Waals surface area contributed by atoms with Gasteiger partial charge in [0, 0.05) is 16.6 Å². The lowest BCUT2D eigenvalue weighted by Crippen LogP contribution is -2.23. The molecule has 0 saturated carbocycles. The van der Waals surface area contributed by atoms with Gasteiger partial charge in [-0.1, -0.05) is 18.2 Å². The number of carboxylic acids is 1. The van der Waals surface area contributed by atoms with Crippen LogP contribution in [0.15, 0.2) is 48.5 Å². The zero-order valence-electron chi connectivity index (χ0n) is 12.8. The molecule has 0 saturated heterocycles. The first kappa shape index (κ1) is 14.7. The summed E-state index contributed by atoms with van der Waals surface area (Å²) < 4.78 is 1.56. The van der Waals surface area contributed by atoms with Gasteiger partial charge in [-0.25, -0.2) is 9.78 Å². The Morgan fingerprint density at radius 1 is 1.20 bits per heavy atom. The van der Waals surface area contributed by atoms with Crippen LogP contribution in [0.5, 0.6) is 0 Å². The summed E-state index contributed by atoms with van der Waals surface area (Å²) in [4.78, 5) is 18.6. The van der Waals surface area contributed by atoms with Crippen molar-refractivity contribution in [3.63, 3.8) is 0 Å². The number of aromatic nitrogens is 3. The summed E-state index contributed by atoms with van der Waals surface area (Å²) in [5.74, 6) is -1.02. The van der Waals surface area contributed by atoms with E-state index < -0.39 is 5.97 Å². The minimum Gasteiger partial charge on any atom is -0.478 e. The molecule has 0 fully saturated rings. The van der Waals surface area contributed by atoms with Gasteiger partial charge in [0.05, 0.1) is 5.56 Å². The Hall–Kier alpha value is -3.92. The molecular formula is C18H11N5O2. The molecule has 0 radical (unpaired) electrons. The molecule has 4 aromatic rings. The highest BCUT2D eigenvalue weighted by Crippen LogP contribution is 2.24. The summed E-state index contributed by atoms with van der Waals surface area (Å²) in [5, 5.41) is 27.6. The fourth-order valence-corrected chi connectivity index (χ4v) is 2.86. The summed E-state index contributed by atoms with van der Waals surface area (Å²) in [6, 6.07) is 15.6. The Bertz CT molecular complexity index is 1240. The maximum Gasteiger partial charge on any atom is 0.335 e. The molecular weight excluding hydrogens is 318 g/mol. The number of H-pyrrole nitrogens is 1. The number of nitrogens with zero attached hydrogens (tertiary/aromatic N) is 3. The third-order valence-corrected chi connectivity index (χ3v) is 4.03. The van der Waals surface area contributed by atoms with Crippen LogP contribution in [0, 0.1) is 16.7 Å². The number of carbonyl (C=O) groups is 1. The van der Waals surface area contributed by atoms with Gasteiger partial charge in [-0.2, -0.15) is 5.26 Å². The predicted octanol–water partition coefficient (Wildman–Crippen LogP) is 2.56. The number of nitriles is 1. The van der Waals surface area contributed by atoms with Crippen LogP contribution in [-0.2, 0) is 0 Å². The van der Waals surface area contributed by atoms with Gasteiger partial charge in [0.15, 0.2) is 11.2 Å². The topological polar surface area (TPSA) is 119 Å². The zero-order valence-corrected chi connectivity index (χ0v) is 12.8. The molecule has 7 nitrogen and oxygen atoms in total. The van der Waals surface area contributed by atoms with Crippen LogP contribution in [0.1, 0.15) is 16.1 Å². The summed E-state index contributed by atoms with van der Waals surface area (Å²) >= 11 is 0. The predicted molar refractivity (Wildman–Crippen MR) is 90.5 cm³/mol. The second-order valence-electron chi connectivity index (χ2n) is 5.48. The Balaban J connectivity index is 2.11. The first-order valence-electron chi connectivity index (χ1n) is 7.42. The molecule has 0 aliphatic carbocycles. The fourth-order valence-electron chi connectivity index (χ4n) is 2.86. The second-order valence-corrected chi connectivity index (χ2v) is 5.48. The van der Waals surface area contributed by atoms with Crippen LogP contribution in [0.25, 0.3) is 27.8 Å². The average molecular weight is 329 g/mol. The maximum atomic E-state index is 11.0. The third-order valence-electron chi connectivity index (χ3n) is 4.03. The quantitative estimate of drug-likeness (QED) is 0.523. The van der Waals surface area contributed by atoms with Crippen LogP contribution < -0.4 is 5.49 Å². The van der Waals surface area contributed by atoms with Gasteiger partial charge in [-0.3, -0.25) is 9.98 Å². The van der Waals surface area contributed by atoms with Gasteiger partial charge in [0.1, 0.15) is 17.2 Å². The molecule has 0 aliphatic heterocycles. The molecule has 0 bridgehead atoms. The van der Waals surface area contributed by atoms with Crippen molar-refractivity contribution >= 4 is 28.0 Å². The van der Waals surface area contributed by atoms with E-state index in [1.165, 1.54) is 12.1 Å². The van der Waals surface area contributed by atoms with Gasteiger partial charge in [0.25, 0.3) is 0 Å². The molecule has 0 amide bonds. The van der Waals surface area contributed by atoms with Crippen molar-refractivity contribution in [2.75, 3.05) is 0 Å². The number of aromatic carboxylic acids is 1. The van der Waals surface area contributed by atoms with E-state index in [2.05, 4.69) is 9.97 Å². The molecule has 0 aliphatic rings. The van der Waals surface area contributed by atoms with E-state index in [9.17, 15) is 10.1 Å². The second kappa shape index (κ2) is 5.32. The van der Waals surface area contributed by atoms with Crippen LogP contribution >= 0.6 is 0 Å². The molecule has 2 aromatic heterocycles. The minimum atomic E-state index is -1.02. The number of carboxylic acid groups (broad SMARTS) is 1. The van der Waals surface area contributed by atoms with Crippen molar-refractivity contribution in [1.29, 1.82) is 10.7 Å². The Morgan fingerprint density at radius 3 is 2.60 bits per heavy atom. The van der Waals surface area contributed by atoms with E-state index in [1.54, 1.807) is 16.7 Å². The smallest absolute Gasteiger partial charge is 0.335 e. The van der Waals surface area contributed by atoms with Gasteiger partial charge in [-0.15, -0.1) is 0 Å². The number of fused-ring (bicyclic) bond motifs is 3. The Morgan fingerprint density at radius 2 is 1.92 bits per heavy atom. The SMILES string of the molecule is N#Cc1nc2c3ccccc3[nH]c2n(-c2ccc(C(=O)O)cc2)c1=N. The Labute approximate surface area is 140 Å². The number of rotatable bonds is 2. The van der Waals surface area contributed by atoms with Crippen LogP contribution in [0.3, 0.4) is 0 Å². The molecule has 2 heterocycles. The molecule has 4 rings (SSSR count). The van der Waals surface area contributed by atoms with Crippen molar-refractivity contribution in [1.82, 2.24) is 14.5 Å². The largest absolute Gasteiger partial charge is 0.478 e. The number of hydrogen-bond donors (Lipinski definition) is 3. The summed E-state index contributed by atoms with van der Waals surface area (Å²) in [5.41, 5.74) is 2.67. The monoisotopic (exact) mass is 329 g/mol. The normalized spacial score (nSPS) is 10.8. The average Bonchev–Trinajstić information content (AvgIpc) is 2.99. The fraction of sp³-hybridized carbons (Fsp3) is 0. The molecule has 0 atom stereocenters. The Kier molecular flexibility index (Phi) is 3.12. The molecule has 7 heteroatoms. The highest BCUT2D eigenvalue weighted by Gasteiger charge is 2.15. The zero-order chi connectivity index (χ0) is 17.6. The molecule has 2 aromatic carbocycles. The lowest BCUT2D eigenvalue weighted by Gasteiger charge is -2.09. The van der Waals surface area contributed by atoms with Gasteiger partial charge < -0.3 is 10.1 Å². The van der Waals surface area contributed by atoms with Gasteiger partial charge >= 0.3 is 5.97 Å². The van der Waals surface area contributed by atoms with Crippen LogP contribution in [0.4, 0.5) is 0 Å². The number of para-hydroxylation sites is 1. The lowest BCUT2D eigenvalue weighted by atomic mass is 10.2. The molecule has 0 spiro atoms. The number of nitrogens with one attached hydrogen (secondary N) is 2. The van der Waals surface area contributed by atoms with E-state index in [-0.39, 0.29) is 16.7 Å². The van der Waals surface area contributed by atoms with Gasteiger partial charge in [-0.05, 0) is 30.3 Å². The van der Waals surface area contributed by atoms with E-state index in [4.69, 9.17) is 10.5 Å². The number of hydrogen-bond acceptors (Lipinski definition) is 4. The highest BCUT2D eigenvalue weighted by atomic mass is 16.4. The molecule has 0 unspecified atom stereocenters. The summed E-state index contributed by atoms with van der Waals surface area (Å²) in [6.07, 6.45) is 0. The van der Waals surface area contributed by atoms with E-state index in [0.29, 0.717) is 16.9 Å². The van der Waals surface area contributed by atoms with Crippen LogP contribution in [0.2, 0.25) is 0 Å². The van der Waals surface area contributed by atoms with Crippen molar-refractivity contribution < 1.29 is 9.90 Å². The van der Waals surface area contributed by atoms with E-state index >= 15 is 0 Å². The maximum absolute atomic E-state index is 11.0. The highest BCUT2D eigenvalue weighted by molar-refractivity contribution is 6.04. The summed E-state index contributed by atoms with van der Waals surface area (Å²) in [7, 11) is 0. The number of benzene rings is 2. The minimum absolute atomic E-state index is 0.000404. The summed E-state index contributed by atoms with van der Waals surface area (Å²) in [6.45, 7) is 0. The van der Waals surface area contributed by atoms with Crippen molar-refractivity contribution in [2.45, 2.75) is 0 Å². The lowest BCUT2D eigenvalue weighted by molar-refractivity contribution is 0.0697. The van der Waals surface area contributed by atoms with Crippen molar-refractivity contribution in [3.05, 3.63) is 65.3 Å². The van der Waals surface area contributed by atoms with E-state index in [1.807, 2.05) is 30.3 Å². The third kappa shape index (κ3) is 2.16. The first-order valence-corrected chi connectivity index (χ1v) is 7.42. The number of aromatic amines is 1.